The summed E-state index contributed by atoms with van der Waals surface area (Å²) >= 11 is 0. The first-order valence-corrected chi connectivity index (χ1v) is 9.99. The largest absolute Gasteiger partial charge is 0.369 e. The number of nitrogens with zero attached hydrogens (tertiary/aromatic N) is 4. The number of nitrogens with one attached hydrogen (secondary N) is 1. The van der Waals surface area contributed by atoms with Gasteiger partial charge in [-0.3, -0.25) is 4.98 Å². The van der Waals surface area contributed by atoms with E-state index in [0.717, 1.165) is 22.6 Å². The molecule has 0 amide bonds. The highest BCUT2D eigenvalue weighted by atomic mass is 32.2. The molecule has 0 atom stereocenters. The molecule has 3 rings (SSSR count). The lowest BCUT2D eigenvalue weighted by molar-refractivity contribution is 0.212. The van der Waals surface area contributed by atoms with Crippen molar-refractivity contribution in [3.05, 3.63) is 35.8 Å². The van der Waals surface area contributed by atoms with E-state index in [0.29, 0.717) is 31.4 Å². The van der Waals surface area contributed by atoms with Crippen LogP contribution >= 0.6 is 0 Å². The van der Waals surface area contributed by atoms with Crippen LogP contribution in [0.4, 0.5) is 5.82 Å². The fourth-order valence-corrected chi connectivity index (χ4v) is 3.97. The Bertz CT molecular complexity index is 849. The summed E-state index contributed by atoms with van der Waals surface area (Å²) in [7, 11) is -3.06. The summed E-state index contributed by atoms with van der Waals surface area (Å²) < 4.78 is 25.1. The highest BCUT2D eigenvalue weighted by Gasteiger charge is 2.34. The summed E-state index contributed by atoms with van der Waals surface area (Å²) in [5.41, 5.74) is 2.85. The SMILES string of the molecule is CCS(=O)(=O)N1CC(CNc2nc(-c3ccncc3)nc(C)c2C)C1. The van der Waals surface area contributed by atoms with Crippen molar-refractivity contribution >= 4 is 15.8 Å². The van der Waals surface area contributed by atoms with Crippen LogP contribution in [0.3, 0.4) is 0 Å². The lowest BCUT2D eigenvalue weighted by Gasteiger charge is -2.38. The molecule has 0 saturated carbocycles. The Hall–Kier alpha value is -2.06. The van der Waals surface area contributed by atoms with Crippen molar-refractivity contribution in [2.45, 2.75) is 20.8 Å². The number of rotatable bonds is 6. The average molecular weight is 361 g/mol. The van der Waals surface area contributed by atoms with Gasteiger partial charge in [0.1, 0.15) is 5.82 Å². The van der Waals surface area contributed by atoms with Crippen LogP contribution in [0.5, 0.6) is 0 Å². The van der Waals surface area contributed by atoms with E-state index in [-0.39, 0.29) is 5.75 Å². The van der Waals surface area contributed by atoms with Crippen molar-refractivity contribution in [2.24, 2.45) is 5.92 Å². The van der Waals surface area contributed by atoms with E-state index >= 15 is 0 Å². The quantitative estimate of drug-likeness (QED) is 0.845. The van der Waals surface area contributed by atoms with Gasteiger partial charge in [0.05, 0.1) is 5.75 Å². The molecule has 2 aromatic heterocycles. The van der Waals surface area contributed by atoms with Gasteiger partial charge in [-0.05, 0) is 32.9 Å². The Morgan fingerprint density at radius 3 is 2.52 bits per heavy atom. The Kier molecular flexibility index (Phi) is 5.01. The van der Waals surface area contributed by atoms with E-state index in [2.05, 4.69) is 20.3 Å². The number of pyridine rings is 1. The third-order valence-electron chi connectivity index (χ3n) is 4.57. The molecule has 1 fully saturated rings. The first kappa shape index (κ1) is 17.8. The summed E-state index contributed by atoms with van der Waals surface area (Å²) in [5.74, 6) is 1.93. The van der Waals surface area contributed by atoms with E-state index in [1.165, 1.54) is 0 Å². The molecule has 1 aliphatic rings. The van der Waals surface area contributed by atoms with Crippen molar-refractivity contribution in [2.75, 3.05) is 30.7 Å². The van der Waals surface area contributed by atoms with Gasteiger partial charge < -0.3 is 5.32 Å². The third-order valence-corrected chi connectivity index (χ3v) is 6.38. The van der Waals surface area contributed by atoms with Gasteiger partial charge in [0.15, 0.2) is 5.82 Å². The van der Waals surface area contributed by atoms with Crippen LogP contribution in [0, 0.1) is 19.8 Å². The molecule has 3 heterocycles. The molecule has 0 aliphatic carbocycles. The number of aryl methyl sites for hydroxylation is 1. The van der Waals surface area contributed by atoms with E-state index in [1.54, 1.807) is 23.6 Å². The molecule has 2 aromatic rings. The molecule has 1 aliphatic heterocycles. The molecular formula is C17H23N5O2S. The fourth-order valence-electron chi connectivity index (χ4n) is 2.73. The average Bonchev–Trinajstić information content (AvgIpc) is 2.57. The first-order valence-electron chi connectivity index (χ1n) is 8.38. The number of aromatic nitrogens is 3. The highest BCUT2D eigenvalue weighted by molar-refractivity contribution is 7.89. The van der Waals surface area contributed by atoms with Crippen LogP contribution in [-0.4, -0.2) is 53.1 Å². The van der Waals surface area contributed by atoms with Gasteiger partial charge >= 0.3 is 0 Å². The molecule has 0 radical (unpaired) electrons. The lowest BCUT2D eigenvalue weighted by atomic mass is 10.0. The molecule has 8 heteroatoms. The number of anilines is 1. The minimum Gasteiger partial charge on any atom is -0.369 e. The number of hydrogen-bond donors (Lipinski definition) is 1. The highest BCUT2D eigenvalue weighted by Crippen LogP contribution is 2.24. The van der Waals surface area contributed by atoms with Gasteiger partial charge in [-0.2, -0.15) is 0 Å². The molecule has 134 valence electrons. The van der Waals surface area contributed by atoms with Crippen LogP contribution in [0.1, 0.15) is 18.2 Å². The maximum Gasteiger partial charge on any atom is 0.213 e. The van der Waals surface area contributed by atoms with Crippen molar-refractivity contribution in [3.8, 4) is 11.4 Å². The predicted octanol–water partition coefficient (Wildman–Crippen LogP) is 1.85. The summed E-state index contributed by atoms with van der Waals surface area (Å²) in [4.78, 5) is 13.2. The second-order valence-corrected chi connectivity index (χ2v) is 8.56. The minimum absolute atomic E-state index is 0.159. The molecule has 0 spiro atoms. The van der Waals surface area contributed by atoms with E-state index in [4.69, 9.17) is 0 Å². The maximum atomic E-state index is 11.8. The number of sulfonamides is 1. The zero-order chi connectivity index (χ0) is 18.0. The Morgan fingerprint density at radius 1 is 1.20 bits per heavy atom. The molecule has 0 aromatic carbocycles. The zero-order valence-corrected chi connectivity index (χ0v) is 15.5. The van der Waals surface area contributed by atoms with Crippen LogP contribution in [0.25, 0.3) is 11.4 Å². The Labute approximate surface area is 148 Å². The molecule has 7 nitrogen and oxygen atoms in total. The summed E-state index contributed by atoms with van der Waals surface area (Å²) in [6, 6.07) is 3.76. The van der Waals surface area contributed by atoms with Crippen molar-refractivity contribution in [3.63, 3.8) is 0 Å². The van der Waals surface area contributed by atoms with Gasteiger partial charge in [-0.15, -0.1) is 0 Å². The molecule has 0 unspecified atom stereocenters. The standard InChI is InChI=1S/C17H23N5O2S/c1-4-25(23,24)22-10-14(11-22)9-19-16-12(2)13(3)20-17(21-16)15-5-7-18-8-6-15/h5-8,14H,4,9-11H2,1-3H3,(H,19,20,21). The molecule has 1 saturated heterocycles. The smallest absolute Gasteiger partial charge is 0.213 e. The van der Waals surface area contributed by atoms with Gasteiger partial charge in [0.25, 0.3) is 0 Å². The summed E-state index contributed by atoms with van der Waals surface area (Å²) in [5, 5.41) is 3.37. The number of hydrogen-bond acceptors (Lipinski definition) is 6. The minimum atomic E-state index is -3.06. The van der Waals surface area contributed by atoms with E-state index < -0.39 is 10.0 Å². The van der Waals surface area contributed by atoms with Gasteiger partial charge in [0, 0.05) is 54.8 Å². The van der Waals surface area contributed by atoms with Crippen LogP contribution in [-0.2, 0) is 10.0 Å². The summed E-state index contributed by atoms with van der Waals surface area (Å²) in [6.45, 7) is 7.47. The Morgan fingerprint density at radius 2 is 1.88 bits per heavy atom. The second-order valence-electron chi connectivity index (χ2n) is 6.31. The second kappa shape index (κ2) is 7.05. The van der Waals surface area contributed by atoms with E-state index in [1.807, 2.05) is 26.0 Å². The van der Waals surface area contributed by atoms with Gasteiger partial charge in [-0.25, -0.2) is 22.7 Å². The molecular weight excluding hydrogens is 338 g/mol. The van der Waals surface area contributed by atoms with Crippen LogP contribution in [0.15, 0.2) is 24.5 Å². The fraction of sp³-hybridized carbons (Fsp3) is 0.471. The summed E-state index contributed by atoms with van der Waals surface area (Å²) in [6.07, 6.45) is 3.44. The molecule has 0 bridgehead atoms. The maximum absolute atomic E-state index is 11.8. The van der Waals surface area contributed by atoms with Crippen LogP contribution in [0.2, 0.25) is 0 Å². The third kappa shape index (κ3) is 3.80. The lowest BCUT2D eigenvalue weighted by Crippen LogP contribution is -2.52. The topological polar surface area (TPSA) is 88.1 Å². The predicted molar refractivity (Wildman–Crippen MR) is 97.8 cm³/mol. The van der Waals surface area contributed by atoms with Gasteiger partial charge in [-0.1, -0.05) is 0 Å². The molecule has 1 N–H and O–H groups in total. The van der Waals surface area contributed by atoms with Crippen molar-refractivity contribution < 1.29 is 8.42 Å². The normalized spacial score (nSPS) is 15.8. The van der Waals surface area contributed by atoms with Crippen molar-refractivity contribution in [1.82, 2.24) is 19.3 Å². The van der Waals surface area contributed by atoms with E-state index in [9.17, 15) is 8.42 Å². The molecule has 25 heavy (non-hydrogen) atoms. The monoisotopic (exact) mass is 361 g/mol. The van der Waals surface area contributed by atoms with Gasteiger partial charge in [0.2, 0.25) is 10.0 Å². The zero-order valence-electron chi connectivity index (χ0n) is 14.7. The van der Waals surface area contributed by atoms with Crippen LogP contribution < -0.4 is 5.32 Å². The van der Waals surface area contributed by atoms with Crippen molar-refractivity contribution in [1.29, 1.82) is 0 Å². The Balaban J connectivity index is 1.68. The first-order chi connectivity index (χ1) is 11.9.